The molecular weight excluding hydrogens is 394 g/mol. The average Bonchev–Trinajstić information content (AvgIpc) is 2.44. The van der Waals surface area contributed by atoms with Gasteiger partial charge in [0.05, 0.1) is 17.3 Å². The number of methoxy groups -OCH3 is 1. The molecule has 2 nitrogen and oxygen atoms in total. The van der Waals surface area contributed by atoms with Crippen molar-refractivity contribution in [2.24, 2.45) is 0 Å². The Morgan fingerprint density at radius 1 is 1.00 bits per heavy atom. The maximum Gasteiger partial charge on any atom is 0.135 e. The van der Waals surface area contributed by atoms with E-state index in [9.17, 15) is 0 Å². The van der Waals surface area contributed by atoms with E-state index in [-0.39, 0.29) is 6.04 Å². The summed E-state index contributed by atoms with van der Waals surface area (Å²) in [5.74, 6) is 0.813. The van der Waals surface area contributed by atoms with Gasteiger partial charge in [0.25, 0.3) is 0 Å². The van der Waals surface area contributed by atoms with E-state index in [1.807, 2.05) is 12.1 Å². The van der Waals surface area contributed by atoms with Crippen molar-refractivity contribution in [1.29, 1.82) is 0 Å². The number of anilines is 1. The highest BCUT2D eigenvalue weighted by molar-refractivity contribution is 9.11. The third-order valence-electron chi connectivity index (χ3n) is 3.64. The van der Waals surface area contributed by atoms with Crippen LogP contribution in [0.3, 0.4) is 0 Å². The summed E-state index contributed by atoms with van der Waals surface area (Å²) in [6.45, 7) is 6.43. The number of hydrogen-bond acceptors (Lipinski definition) is 2. The quantitative estimate of drug-likeness (QED) is 0.663. The highest BCUT2D eigenvalue weighted by atomic mass is 79.9. The van der Waals surface area contributed by atoms with E-state index in [1.165, 1.54) is 16.7 Å². The standard InChI is InChI=1S/C17H19Br2NO/c1-10-5-6-13(7-11(10)2)12(3)20-16-9-17(21-4)15(19)8-14(16)18/h5-9,12,20H,1-4H3. The van der Waals surface area contributed by atoms with E-state index >= 15 is 0 Å². The van der Waals surface area contributed by atoms with E-state index in [2.05, 4.69) is 76.1 Å². The van der Waals surface area contributed by atoms with Crippen LogP contribution in [0.2, 0.25) is 0 Å². The first kappa shape index (κ1) is 16.4. The molecule has 0 aromatic heterocycles. The second kappa shape index (κ2) is 6.84. The lowest BCUT2D eigenvalue weighted by atomic mass is 10.0. The number of halogens is 2. The molecule has 112 valence electrons. The summed E-state index contributed by atoms with van der Waals surface area (Å²) in [6.07, 6.45) is 0. The van der Waals surface area contributed by atoms with Crippen LogP contribution in [0.25, 0.3) is 0 Å². The molecule has 0 bridgehead atoms. The van der Waals surface area contributed by atoms with E-state index in [1.54, 1.807) is 7.11 Å². The molecular formula is C17H19Br2NO. The zero-order valence-corrected chi connectivity index (χ0v) is 15.8. The predicted octanol–water partition coefficient (Wildman–Crippen LogP) is 6.01. The normalized spacial score (nSPS) is 12.1. The lowest BCUT2D eigenvalue weighted by molar-refractivity contribution is 0.412. The van der Waals surface area contributed by atoms with Gasteiger partial charge in [0.1, 0.15) is 5.75 Å². The number of aryl methyl sites for hydroxylation is 2. The van der Waals surface area contributed by atoms with Crippen LogP contribution in [0.5, 0.6) is 5.75 Å². The van der Waals surface area contributed by atoms with Gasteiger partial charge in [0.2, 0.25) is 0 Å². The third-order valence-corrected chi connectivity index (χ3v) is 4.92. The van der Waals surface area contributed by atoms with Crippen LogP contribution in [-0.2, 0) is 0 Å². The van der Waals surface area contributed by atoms with Crippen LogP contribution in [0.4, 0.5) is 5.69 Å². The number of benzene rings is 2. The molecule has 1 atom stereocenters. The van der Waals surface area contributed by atoms with Crippen LogP contribution in [0.1, 0.15) is 29.7 Å². The van der Waals surface area contributed by atoms with Gasteiger partial charge in [-0.1, -0.05) is 18.2 Å². The summed E-state index contributed by atoms with van der Waals surface area (Å²) in [5, 5.41) is 3.53. The lowest BCUT2D eigenvalue weighted by Gasteiger charge is -2.19. The SMILES string of the molecule is COc1cc(NC(C)c2ccc(C)c(C)c2)c(Br)cc1Br. The molecule has 2 rings (SSSR count). The summed E-state index contributed by atoms with van der Waals surface area (Å²) in [6, 6.07) is 10.8. The van der Waals surface area contributed by atoms with E-state index < -0.39 is 0 Å². The molecule has 1 N–H and O–H groups in total. The number of rotatable bonds is 4. The zero-order valence-electron chi connectivity index (χ0n) is 12.6. The molecule has 0 radical (unpaired) electrons. The van der Waals surface area contributed by atoms with E-state index in [4.69, 9.17) is 4.74 Å². The van der Waals surface area contributed by atoms with E-state index in [0.29, 0.717) is 0 Å². The van der Waals surface area contributed by atoms with Gasteiger partial charge in [-0.15, -0.1) is 0 Å². The summed E-state index contributed by atoms with van der Waals surface area (Å²) in [5.41, 5.74) is 4.92. The Kier molecular flexibility index (Phi) is 5.33. The lowest BCUT2D eigenvalue weighted by Crippen LogP contribution is -2.08. The van der Waals surface area contributed by atoms with Crippen LogP contribution < -0.4 is 10.1 Å². The van der Waals surface area contributed by atoms with Crippen molar-refractivity contribution < 1.29 is 4.74 Å². The zero-order chi connectivity index (χ0) is 15.6. The molecule has 2 aromatic carbocycles. The maximum absolute atomic E-state index is 5.36. The van der Waals surface area contributed by atoms with Gasteiger partial charge in [-0.05, 0) is 75.4 Å². The minimum atomic E-state index is 0.214. The summed E-state index contributed by atoms with van der Waals surface area (Å²) < 4.78 is 7.29. The van der Waals surface area contributed by atoms with Gasteiger partial charge in [0.15, 0.2) is 0 Å². The first-order valence-electron chi connectivity index (χ1n) is 6.79. The first-order chi connectivity index (χ1) is 9.92. The van der Waals surface area contributed by atoms with Crippen molar-refractivity contribution in [2.75, 3.05) is 12.4 Å². The first-order valence-corrected chi connectivity index (χ1v) is 8.37. The Hall–Kier alpha value is -1.000. The van der Waals surface area contributed by atoms with Crippen molar-refractivity contribution in [3.63, 3.8) is 0 Å². The molecule has 0 aliphatic rings. The Balaban J connectivity index is 2.26. The van der Waals surface area contributed by atoms with Crippen LogP contribution in [-0.4, -0.2) is 7.11 Å². The minimum Gasteiger partial charge on any atom is -0.495 e. The predicted molar refractivity (Wildman–Crippen MR) is 96.3 cm³/mol. The largest absolute Gasteiger partial charge is 0.495 e. The van der Waals surface area contributed by atoms with Crippen molar-refractivity contribution in [3.05, 3.63) is 56.0 Å². The van der Waals surface area contributed by atoms with Gasteiger partial charge >= 0.3 is 0 Å². The van der Waals surface area contributed by atoms with Crippen molar-refractivity contribution in [1.82, 2.24) is 0 Å². The molecule has 0 fully saturated rings. The number of hydrogen-bond donors (Lipinski definition) is 1. The maximum atomic E-state index is 5.36. The summed E-state index contributed by atoms with van der Waals surface area (Å²) >= 11 is 7.08. The molecule has 0 saturated heterocycles. The van der Waals surface area contributed by atoms with E-state index in [0.717, 1.165) is 20.4 Å². The Bertz CT molecular complexity index is 655. The Morgan fingerprint density at radius 2 is 1.71 bits per heavy atom. The molecule has 0 aliphatic heterocycles. The fraction of sp³-hybridized carbons (Fsp3) is 0.294. The van der Waals surface area contributed by atoms with Crippen molar-refractivity contribution in [2.45, 2.75) is 26.8 Å². The molecule has 0 spiro atoms. The summed E-state index contributed by atoms with van der Waals surface area (Å²) in [7, 11) is 1.67. The van der Waals surface area contributed by atoms with Gasteiger partial charge < -0.3 is 10.1 Å². The minimum absolute atomic E-state index is 0.214. The highest BCUT2D eigenvalue weighted by Crippen LogP contribution is 2.36. The average molecular weight is 413 g/mol. The Labute approximate surface area is 143 Å². The summed E-state index contributed by atoms with van der Waals surface area (Å²) in [4.78, 5) is 0. The van der Waals surface area contributed by atoms with Crippen LogP contribution in [0.15, 0.2) is 39.3 Å². The fourth-order valence-corrected chi connectivity index (χ4v) is 3.42. The molecule has 0 aliphatic carbocycles. The number of nitrogens with one attached hydrogen (secondary N) is 1. The fourth-order valence-electron chi connectivity index (χ4n) is 2.15. The molecule has 21 heavy (non-hydrogen) atoms. The van der Waals surface area contributed by atoms with Gasteiger partial charge in [0, 0.05) is 16.6 Å². The topological polar surface area (TPSA) is 21.3 Å². The third kappa shape index (κ3) is 3.80. The monoisotopic (exact) mass is 411 g/mol. The molecule has 0 amide bonds. The van der Waals surface area contributed by atoms with Crippen molar-refractivity contribution in [3.8, 4) is 5.75 Å². The molecule has 0 saturated carbocycles. The van der Waals surface area contributed by atoms with Crippen LogP contribution in [0, 0.1) is 13.8 Å². The second-order valence-electron chi connectivity index (χ2n) is 5.18. The van der Waals surface area contributed by atoms with Gasteiger partial charge in [-0.2, -0.15) is 0 Å². The smallest absolute Gasteiger partial charge is 0.135 e. The van der Waals surface area contributed by atoms with Crippen molar-refractivity contribution >= 4 is 37.5 Å². The Morgan fingerprint density at radius 3 is 2.33 bits per heavy atom. The van der Waals surface area contributed by atoms with Gasteiger partial charge in [-0.3, -0.25) is 0 Å². The molecule has 0 heterocycles. The van der Waals surface area contributed by atoms with Crippen LogP contribution >= 0.6 is 31.9 Å². The molecule has 4 heteroatoms. The molecule has 2 aromatic rings. The highest BCUT2D eigenvalue weighted by Gasteiger charge is 2.11. The van der Waals surface area contributed by atoms with Gasteiger partial charge in [-0.25, -0.2) is 0 Å². The molecule has 1 unspecified atom stereocenters. The second-order valence-corrected chi connectivity index (χ2v) is 6.88. The number of ether oxygens (including phenoxy) is 1.